The van der Waals surface area contributed by atoms with Gasteiger partial charge >= 0.3 is 0 Å². The number of aryl methyl sites for hydroxylation is 2. The van der Waals surface area contributed by atoms with E-state index in [0.717, 1.165) is 15.6 Å². The second-order valence-electron chi connectivity index (χ2n) is 7.63. The van der Waals surface area contributed by atoms with Gasteiger partial charge in [-0.3, -0.25) is 9.59 Å². The van der Waals surface area contributed by atoms with Gasteiger partial charge < -0.3 is 14.5 Å². The lowest BCUT2D eigenvalue weighted by atomic mass is 10.1. The van der Waals surface area contributed by atoms with E-state index < -0.39 is 6.10 Å². The average molecular weight is 492 g/mol. The van der Waals surface area contributed by atoms with Crippen LogP contribution in [0.25, 0.3) is 11.0 Å². The van der Waals surface area contributed by atoms with Gasteiger partial charge in [0.2, 0.25) is 5.78 Å². The summed E-state index contributed by atoms with van der Waals surface area (Å²) in [6.07, 6.45) is -0.776. The molecule has 0 aliphatic rings. The second-order valence-corrected chi connectivity index (χ2v) is 8.55. The number of carbonyl (C=O) groups excluding carboxylic acids is 2. The lowest BCUT2D eigenvalue weighted by molar-refractivity contribution is -0.122. The molecule has 1 heterocycles. The van der Waals surface area contributed by atoms with Crippen molar-refractivity contribution in [1.29, 1.82) is 0 Å². The predicted molar refractivity (Wildman–Crippen MR) is 128 cm³/mol. The van der Waals surface area contributed by atoms with E-state index in [4.69, 9.17) is 9.15 Å². The van der Waals surface area contributed by atoms with Gasteiger partial charge in [-0.1, -0.05) is 34.1 Å². The topological polar surface area (TPSA) is 68.5 Å². The Morgan fingerprint density at radius 3 is 2.41 bits per heavy atom. The number of furan rings is 1. The fraction of sp³-hybridized carbons (Fsp3) is 0.154. The third-order valence-corrected chi connectivity index (χ3v) is 5.85. The van der Waals surface area contributed by atoms with Crippen LogP contribution >= 0.6 is 15.9 Å². The van der Waals surface area contributed by atoms with Crippen LogP contribution in [0, 0.1) is 13.8 Å². The Bertz CT molecular complexity index is 1310. The maximum Gasteiger partial charge on any atom is 0.265 e. The molecule has 4 aromatic rings. The highest BCUT2D eigenvalue weighted by molar-refractivity contribution is 9.10. The van der Waals surface area contributed by atoms with E-state index in [-0.39, 0.29) is 17.5 Å². The molecule has 0 aliphatic carbocycles. The molecule has 0 saturated heterocycles. The number of nitrogens with one attached hydrogen (secondary N) is 1. The van der Waals surface area contributed by atoms with Crippen molar-refractivity contribution in [2.45, 2.75) is 26.9 Å². The van der Waals surface area contributed by atoms with Gasteiger partial charge in [-0.15, -0.1) is 0 Å². The Kier molecular flexibility index (Phi) is 6.15. The molecule has 0 aliphatic heterocycles. The fourth-order valence-corrected chi connectivity index (χ4v) is 3.60. The van der Waals surface area contributed by atoms with E-state index in [1.54, 1.807) is 37.3 Å². The number of para-hydroxylation sites is 1. The number of benzene rings is 3. The summed E-state index contributed by atoms with van der Waals surface area (Å²) in [7, 11) is 0. The molecule has 0 saturated carbocycles. The molecular formula is C26H22BrNO4. The average Bonchev–Trinajstić information content (AvgIpc) is 3.14. The highest BCUT2D eigenvalue weighted by atomic mass is 79.9. The molecule has 1 unspecified atom stereocenters. The van der Waals surface area contributed by atoms with Crippen molar-refractivity contribution in [2.75, 3.05) is 5.32 Å². The first-order chi connectivity index (χ1) is 15.3. The van der Waals surface area contributed by atoms with E-state index in [2.05, 4.69) is 21.2 Å². The summed E-state index contributed by atoms with van der Waals surface area (Å²) >= 11 is 3.37. The highest BCUT2D eigenvalue weighted by Gasteiger charge is 2.25. The summed E-state index contributed by atoms with van der Waals surface area (Å²) in [6, 6.07) is 19.9. The number of halogens is 1. The molecule has 0 fully saturated rings. The number of carbonyl (C=O) groups is 2. The largest absolute Gasteiger partial charge is 0.481 e. The van der Waals surface area contributed by atoms with E-state index in [1.165, 1.54) is 0 Å². The van der Waals surface area contributed by atoms with Crippen molar-refractivity contribution in [1.82, 2.24) is 0 Å². The Morgan fingerprint density at radius 1 is 0.969 bits per heavy atom. The van der Waals surface area contributed by atoms with Gasteiger partial charge in [-0.2, -0.15) is 0 Å². The first-order valence-corrected chi connectivity index (χ1v) is 11.0. The van der Waals surface area contributed by atoms with Crippen LogP contribution in [0.4, 0.5) is 5.69 Å². The SMILES string of the molecule is Cc1ccc(OC(C)C(=O)Nc2c(C(=O)c3ccc(Br)cc3)oc3ccccc23)cc1C. The lowest BCUT2D eigenvalue weighted by Gasteiger charge is -2.15. The summed E-state index contributed by atoms with van der Waals surface area (Å²) in [5.74, 6) is 0.00517. The van der Waals surface area contributed by atoms with Crippen LogP contribution in [-0.2, 0) is 4.79 Å². The summed E-state index contributed by atoms with van der Waals surface area (Å²) in [4.78, 5) is 26.1. The summed E-state index contributed by atoms with van der Waals surface area (Å²) in [5, 5.41) is 3.51. The van der Waals surface area contributed by atoms with E-state index in [9.17, 15) is 9.59 Å². The minimum Gasteiger partial charge on any atom is -0.481 e. The molecule has 1 N–H and O–H groups in total. The standard InChI is InChI=1S/C26H22BrNO4/c1-15-8-13-20(14-16(15)2)31-17(3)26(30)28-23-21-6-4-5-7-22(21)32-25(23)24(29)18-9-11-19(27)12-10-18/h4-14,17H,1-3H3,(H,28,30). The zero-order chi connectivity index (χ0) is 22.8. The number of ether oxygens (including phenoxy) is 1. The Balaban J connectivity index is 1.63. The molecule has 0 spiro atoms. The highest BCUT2D eigenvalue weighted by Crippen LogP contribution is 2.33. The Hall–Kier alpha value is -3.38. The number of hydrogen-bond acceptors (Lipinski definition) is 4. The smallest absolute Gasteiger partial charge is 0.265 e. The van der Waals surface area contributed by atoms with Crippen molar-refractivity contribution < 1.29 is 18.7 Å². The van der Waals surface area contributed by atoms with Crippen LogP contribution < -0.4 is 10.1 Å². The molecule has 32 heavy (non-hydrogen) atoms. The van der Waals surface area contributed by atoms with Gasteiger partial charge in [-0.05, 0) is 80.4 Å². The van der Waals surface area contributed by atoms with Gasteiger partial charge in [0, 0.05) is 15.4 Å². The third-order valence-electron chi connectivity index (χ3n) is 5.32. The van der Waals surface area contributed by atoms with Crippen LogP contribution in [0.15, 0.2) is 75.6 Å². The van der Waals surface area contributed by atoms with Crippen LogP contribution in [0.2, 0.25) is 0 Å². The Morgan fingerprint density at radius 2 is 1.69 bits per heavy atom. The second kappa shape index (κ2) is 9.01. The maximum absolute atomic E-state index is 13.2. The minimum atomic E-state index is -0.776. The van der Waals surface area contributed by atoms with Crippen LogP contribution in [0.3, 0.4) is 0 Å². The summed E-state index contributed by atoms with van der Waals surface area (Å²) in [5.41, 5.74) is 3.55. The van der Waals surface area contributed by atoms with Gasteiger partial charge in [0.25, 0.3) is 5.91 Å². The molecule has 3 aromatic carbocycles. The zero-order valence-electron chi connectivity index (χ0n) is 17.9. The monoisotopic (exact) mass is 491 g/mol. The molecule has 5 nitrogen and oxygen atoms in total. The fourth-order valence-electron chi connectivity index (χ4n) is 3.33. The zero-order valence-corrected chi connectivity index (χ0v) is 19.5. The molecule has 0 bridgehead atoms. The summed E-state index contributed by atoms with van der Waals surface area (Å²) in [6.45, 7) is 5.68. The van der Waals surface area contributed by atoms with E-state index in [0.29, 0.717) is 28.0 Å². The Labute approximate surface area is 194 Å². The molecule has 4 rings (SSSR count). The summed E-state index contributed by atoms with van der Waals surface area (Å²) < 4.78 is 12.6. The number of anilines is 1. The van der Waals surface area contributed by atoms with Crippen LogP contribution in [-0.4, -0.2) is 17.8 Å². The molecule has 1 amide bonds. The molecule has 0 radical (unpaired) electrons. The predicted octanol–water partition coefficient (Wildman–Crippen LogP) is 6.45. The van der Waals surface area contributed by atoms with Crippen molar-refractivity contribution >= 4 is 44.3 Å². The minimum absolute atomic E-state index is 0.0836. The van der Waals surface area contributed by atoms with Crippen molar-refractivity contribution in [2.24, 2.45) is 0 Å². The third kappa shape index (κ3) is 4.46. The van der Waals surface area contributed by atoms with Gasteiger partial charge in [0.15, 0.2) is 11.9 Å². The first-order valence-electron chi connectivity index (χ1n) is 10.2. The van der Waals surface area contributed by atoms with Crippen molar-refractivity contribution in [3.63, 3.8) is 0 Å². The number of fused-ring (bicyclic) bond motifs is 1. The molecular weight excluding hydrogens is 470 g/mol. The molecule has 6 heteroatoms. The van der Waals surface area contributed by atoms with Gasteiger partial charge in [0.05, 0.1) is 5.69 Å². The normalized spacial score (nSPS) is 11.9. The number of hydrogen-bond donors (Lipinski definition) is 1. The molecule has 1 atom stereocenters. The van der Waals surface area contributed by atoms with Gasteiger partial charge in [0.1, 0.15) is 11.3 Å². The van der Waals surface area contributed by atoms with Gasteiger partial charge in [-0.25, -0.2) is 0 Å². The molecule has 162 valence electrons. The lowest BCUT2D eigenvalue weighted by Crippen LogP contribution is -2.30. The van der Waals surface area contributed by atoms with E-state index >= 15 is 0 Å². The number of amides is 1. The first kappa shape index (κ1) is 21.8. The molecule has 1 aromatic heterocycles. The van der Waals surface area contributed by atoms with Crippen LogP contribution in [0.5, 0.6) is 5.75 Å². The van der Waals surface area contributed by atoms with Crippen molar-refractivity contribution in [3.8, 4) is 5.75 Å². The number of rotatable bonds is 6. The maximum atomic E-state index is 13.2. The van der Waals surface area contributed by atoms with E-state index in [1.807, 2.05) is 50.2 Å². The van der Waals surface area contributed by atoms with Crippen molar-refractivity contribution in [3.05, 3.63) is 93.7 Å². The quantitative estimate of drug-likeness (QED) is 0.314. The van der Waals surface area contributed by atoms with Crippen LogP contribution in [0.1, 0.15) is 34.2 Å². The number of ketones is 1.